The highest BCUT2D eigenvalue weighted by atomic mass is 15.0. The molecule has 2 aliphatic carbocycles. The van der Waals surface area contributed by atoms with Crippen LogP contribution in [0.3, 0.4) is 0 Å². The summed E-state index contributed by atoms with van der Waals surface area (Å²) >= 11 is 0. The molecule has 100 heavy (non-hydrogen) atoms. The Morgan fingerprint density at radius 2 is 0.670 bits per heavy atom. The smallest absolute Gasteiger partial charge is 0.0715 e. The normalized spacial score (nSPS) is 13.2. The van der Waals surface area contributed by atoms with Crippen LogP contribution in [-0.4, -0.2) is 19.1 Å². The number of aromatic nitrogens is 4. The lowest BCUT2D eigenvalue weighted by Crippen LogP contribution is -2.16. The largest absolute Gasteiger partial charge is 0.309 e. The van der Waals surface area contributed by atoms with Crippen molar-refractivity contribution in [2.45, 2.75) is 38.5 Å². The van der Waals surface area contributed by atoms with Gasteiger partial charge >= 0.3 is 0 Å². The molecule has 472 valence electrons. The van der Waals surface area contributed by atoms with Crippen LogP contribution in [0.2, 0.25) is 0 Å². The molecule has 0 spiro atoms. The number of hydrogen-bond acceptors (Lipinski definition) is 2. The van der Waals surface area contributed by atoms with Crippen LogP contribution < -0.4 is 0 Å². The van der Waals surface area contributed by atoms with Crippen molar-refractivity contribution in [1.82, 2.24) is 19.1 Å². The van der Waals surface area contributed by atoms with Crippen LogP contribution in [0.1, 0.15) is 49.9 Å². The van der Waals surface area contributed by atoms with E-state index in [0.717, 1.165) is 67.5 Å². The average Bonchev–Trinajstić information content (AvgIpc) is 1.52. The van der Waals surface area contributed by atoms with Crippen LogP contribution >= 0.6 is 0 Å². The van der Waals surface area contributed by atoms with Gasteiger partial charge in [-0.1, -0.05) is 307 Å². The third-order valence-electron chi connectivity index (χ3n) is 21.5. The SMILES string of the molecule is CC1(C)c2ccccc2-c2c1c1c3ccccc3n(-c3ccc(-c4cc(-c5ccccc5)cc(-c5ccccc5)n4)cc3)c1c1ccccc21.CC1(C)c2ccccc2-c2ccc3c4c5ccccc5ccc4n(-c4ccc(-c5cc(-c6ccccc6)cc(-c6ccccc6)n5)cc4)c3c21. The van der Waals surface area contributed by atoms with Gasteiger partial charge in [0, 0.05) is 71.4 Å². The molecule has 0 bridgehead atoms. The minimum absolute atomic E-state index is 0.140. The number of benzene rings is 14. The maximum absolute atomic E-state index is 5.21. The monoisotopic (exact) mass is 1280 g/mol. The Bertz CT molecular complexity index is 6160. The molecule has 2 aliphatic rings. The third-order valence-corrected chi connectivity index (χ3v) is 21.5. The van der Waals surface area contributed by atoms with Gasteiger partial charge in [0.05, 0.1) is 44.8 Å². The Labute approximate surface area is 582 Å². The number of rotatable bonds is 8. The Morgan fingerprint density at radius 3 is 1.23 bits per heavy atom. The minimum atomic E-state index is -0.150. The van der Waals surface area contributed by atoms with E-state index in [4.69, 9.17) is 9.97 Å². The summed E-state index contributed by atoms with van der Waals surface area (Å²) in [5, 5.41) is 10.4. The molecule has 0 aliphatic heterocycles. The van der Waals surface area contributed by atoms with E-state index < -0.39 is 0 Å². The molecule has 0 unspecified atom stereocenters. The van der Waals surface area contributed by atoms with E-state index in [9.17, 15) is 0 Å². The van der Waals surface area contributed by atoms with Crippen molar-refractivity contribution in [1.29, 1.82) is 0 Å². The van der Waals surface area contributed by atoms with Crippen molar-refractivity contribution in [2.75, 3.05) is 0 Å². The molecule has 0 atom stereocenters. The molecule has 4 aromatic heterocycles. The topological polar surface area (TPSA) is 35.6 Å². The van der Waals surface area contributed by atoms with Gasteiger partial charge in [-0.05, 0) is 144 Å². The number of nitrogens with zero attached hydrogens (tertiary/aromatic N) is 4. The first-order valence-corrected chi connectivity index (χ1v) is 34.8. The summed E-state index contributed by atoms with van der Waals surface area (Å²) in [7, 11) is 0. The van der Waals surface area contributed by atoms with Gasteiger partial charge in [0.25, 0.3) is 0 Å². The second-order valence-corrected chi connectivity index (χ2v) is 27.9. The maximum Gasteiger partial charge on any atom is 0.0715 e. The first-order valence-electron chi connectivity index (χ1n) is 34.8. The molecular weight excluding hydrogens is 1210 g/mol. The molecule has 4 heterocycles. The molecule has 0 N–H and O–H groups in total. The zero-order valence-corrected chi connectivity index (χ0v) is 56.1. The molecule has 0 saturated heterocycles. The predicted octanol–water partition coefficient (Wildman–Crippen LogP) is 25.3. The summed E-state index contributed by atoms with van der Waals surface area (Å²) in [6.07, 6.45) is 0. The van der Waals surface area contributed by atoms with Crippen LogP contribution in [0.25, 0.3) is 166 Å². The van der Waals surface area contributed by atoms with E-state index in [2.05, 4.69) is 377 Å². The lowest BCUT2D eigenvalue weighted by Gasteiger charge is -2.23. The van der Waals surface area contributed by atoms with Crippen molar-refractivity contribution in [3.8, 4) is 101 Å². The first-order chi connectivity index (χ1) is 49.1. The standard InChI is InChI=1S/2C48H34N2/c1-48(2)40-23-13-11-21-38(40)44-36-19-9-10-20-37(36)47-45(46(44)48)39-22-12-14-24-43(39)50(47)35-27-25-33(26-28-35)42-30-34(31-15-5-3-6-16-31)29-41(49-42)32-17-7-4-8-18-32;1-48(2)41-20-12-11-19-38(41)39-26-27-40-45-37-18-10-9-15-32(37)23-28-44(45)50(47(40)46(39)48)36-24-21-34(22-25-36)43-30-35(31-13-5-3-6-14-31)29-42(49-43)33-16-7-4-8-17-33/h2*3-30H,1-2H3. The van der Waals surface area contributed by atoms with Gasteiger partial charge in [0.1, 0.15) is 0 Å². The van der Waals surface area contributed by atoms with Gasteiger partial charge in [-0.15, -0.1) is 0 Å². The summed E-state index contributed by atoms with van der Waals surface area (Å²) in [6.45, 7) is 9.56. The number of hydrogen-bond donors (Lipinski definition) is 0. The lowest BCUT2D eigenvalue weighted by molar-refractivity contribution is 0.664. The number of pyridine rings is 2. The summed E-state index contributed by atoms with van der Waals surface area (Å²) < 4.78 is 5.00. The fourth-order valence-electron chi connectivity index (χ4n) is 16.9. The Hall–Kier alpha value is -12.5. The summed E-state index contributed by atoms with van der Waals surface area (Å²) in [6, 6.07) is 123. The van der Waals surface area contributed by atoms with Crippen LogP contribution in [0.5, 0.6) is 0 Å². The van der Waals surface area contributed by atoms with Crippen LogP contribution in [-0.2, 0) is 10.8 Å². The van der Waals surface area contributed by atoms with Gasteiger partial charge in [-0.3, -0.25) is 0 Å². The van der Waals surface area contributed by atoms with Gasteiger partial charge < -0.3 is 9.13 Å². The molecule has 20 rings (SSSR count). The van der Waals surface area contributed by atoms with E-state index >= 15 is 0 Å². The lowest BCUT2D eigenvalue weighted by atomic mass is 9.79. The minimum Gasteiger partial charge on any atom is -0.309 e. The third kappa shape index (κ3) is 9.28. The molecule has 0 amide bonds. The fraction of sp³-hybridized carbons (Fsp3) is 0.0625. The molecule has 18 aromatic rings. The molecule has 14 aromatic carbocycles. The van der Waals surface area contributed by atoms with Gasteiger partial charge in [-0.2, -0.15) is 0 Å². The van der Waals surface area contributed by atoms with Gasteiger partial charge in [-0.25, -0.2) is 9.97 Å². The van der Waals surface area contributed by atoms with E-state index in [1.165, 1.54) is 121 Å². The van der Waals surface area contributed by atoms with Crippen molar-refractivity contribution in [2.24, 2.45) is 0 Å². The molecule has 0 fully saturated rings. The van der Waals surface area contributed by atoms with E-state index in [-0.39, 0.29) is 10.8 Å². The van der Waals surface area contributed by atoms with Crippen molar-refractivity contribution >= 4 is 65.2 Å². The number of fused-ring (bicyclic) bond motifs is 19. The quantitative estimate of drug-likeness (QED) is 0.152. The summed E-state index contributed by atoms with van der Waals surface area (Å²) in [5.41, 5.74) is 30.9. The van der Waals surface area contributed by atoms with Crippen molar-refractivity contribution < 1.29 is 0 Å². The molecule has 0 saturated carbocycles. The van der Waals surface area contributed by atoms with Crippen LogP contribution in [0.15, 0.2) is 340 Å². The average molecular weight is 1280 g/mol. The predicted molar refractivity (Wildman–Crippen MR) is 420 cm³/mol. The fourth-order valence-corrected chi connectivity index (χ4v) is 16.9. The second-order valence-electron chi connectivity index (χ2n) is 27.9. The first kappa shape index (κ1) is 58.8. The Morgan fingerprint density at radius 1 is 0.250 bits per heavy atom. The van der Waals surface area contributed by atoms with E-state index in [0.29, 0.717) is 0 Å². The highest BCUT2D eigenvalue weighted by Gasteiger charge is 2.41. The van der Waals surface area contributed by atoms with Gasteiger partial charge in [0.15, 0.2) is 0 Å². The second kappa shape index (κ2) is 23.1. The van der Waals surface area contributed by atoms with Gasteiger partial charge in [0.2, 0.25) is 0 Å². The van der Waals surface area contributed by atoms with E-state index in [1.807, 2.05) is 0 Å². The van der Waals surface area contributed by atoms with Crippen molar-refractivity contribution in [3.05, 3.63) is 362 Å². The molecule has 0 radical (unpaired) electrons. The van der Waals surface area contributed by atoms with Crippen LogP contribution in [0.4, 0.5) is 0 Å². The van der Waals surface area contributed by atoms with Crippen molar-refractivity contribution in [3.63, 3.8) is 0 Å². The zero-order valence-electron chi connectivity index (χ0n) is 56.1. The summed E-state index contributed by atoms with van der Waals surface area (Å²) in [4.78, 5) is 10.4. The van der Waals surface area contributed by atoms with Crippen LogP contribution in [0, 0.1) is 0 Å². The summed E-state index contributed by atoms with van der Waals surface area (Å²) in [5.74, 6) is 0. The highest BCUT2D eigenvalue weighted by Crippen LogP contribution is 2.57. The maximum atomic E-state index is 5.21. The van der Waals surface area contributed by atoms with E-state index in [1.54, 1.807) is 0 Å². The zero-order chi connectivity index (χ0) is 66.8. The molecule has 4 heteroatoms. The Balaban J connectivity index is 0.000000139. The molecular formula is C96H68N4. The Kier molecular flexibility index (Phi) is 13.6. The molecule has 4 nitrogen and oxygen atoms in total. The highest BCUT2D eigenvalue weighted by molar-refractivity contribution is 6.26. The number of para-hydroxylation sites is 1.